The first-order valence-electron chi connectivity index (χ1n) is 13.4. The summed E-state index contributed by atoms with van der Waals surface area (Å²) in [5.41, 5.74) is 4.37. The van der Waals surface area contributed by atoms with E-state index in [-0.39, 0.29) is 5.91 Å². The number of nitrogens with zero attached hydrogens (tertiary/aromatic N) is 3. The number of nitrogens with one attached hydrogen (secondary N) is 2. The molecule has 0 unspecified atom stereocenters. The van der Waals surface area contributed by atoms with Crippen LogP contribution in [0, 0.1) is 0 Å². The molecule has 2 aromatic carbocycles. The van der Waals surface area contributed by atoms with Crippen LogP contribution in [-0.4, -0.2) is 47.1 Å². The van der Waals surface area contributed by atoms with Gasteiger partial charge in [0.15, 0.2) is 0 Å². The first-order chi connectivity index (χ1) is 18.1. The molecule has 1 aromatic heterocycles. The van der Waals surface area contributed by atoms with Gasteiger partial charge >= 0.3 is 0 Å². The van der Waals surface area contributed by atoms with Crippen LogP contribution in [0.4, 0.5) is 17.2 Å². The van der Waals surface area contributed by atoms with E-state index in [1.165, 1.54) is 12.8 Å². The van der Waals surface area contributed by atoms with E-state index >= 15 is 0 Å². The van der Waals surface area contributed by atoms with E-state index in [0.717, 1.165) is 67.3 Å². The second-order valence-corrected chi connectivity index (χ2v) is 9.72. The summed E-state index contributed by atoms with van der Waals surface area (Å²) in [7, 11) is 0. The minimum absolute atomic E-state index is 0.125. The van der Waals surface area contributed by atoms with Gasteiger partial charge in [-0.15, -0.1) is 0 Å². The van der Waals surface area contributed by atoms with E-state index in [9.17, 15) is 9.90 Å². The predicted octanol–water partition coefficient (Wildman–Crippen LogP) is 5.68. The van der Waals surface area contributed by atoms with Crippen molar-refractivity contribution < 1.29 is 9.90 Å². The molecule has 3 N–H and O–H groups in total. The first-order valence-corrected chi connectivity index (χ1v) is 13.4. The molecule has 4 rings (SSSR count). The smallest absolute Gasteiger partial charge is 0.251 e. The number of amides is 1. The van der Waals surface area contributed by atoms with Gasteiger partial charge in [-0.1, -0.05) is 19.9 Å². The number of carbonyl (C=O) groups excluding carboxylic acids is 1. The Morgan fingerprint density at radius 3 is 2.41 bits per heavy atom. The number of pyridine rings is 1. The van der Waals surface area contributed by atoms with E-state index in [0.29, 0.717) is 24.4 Å². The topological polar surface area (TPSA) is 80.7 Å². The van der Waals surface area contributed by atoms with E-state index < -0.39 is 0 Å². The maximum absolute atomic E-state index is 12.8. The van der Waals surface area contributed by atoms with Crippen LogP contribution < -0.4 is 15.5 Å². The average molecular weight is 502 g/mol. The molecule has 7 heteroatoms. The van der Waals surface area contributed by atoms with Crippen LogP contribution >= 0.6 is 0 Å². The van der Waals surface area contributed by atoms with Crippen molar-refractivity contribution in [1.29, 1.82) is 0 Å². The minimum Gasteiger partial charge on any atom is -0.508 e. The van der Waals surface area contributed by atoms with Crippen molar-refractivity contribution >= 4 is 23.1 Å². The number of aromatic nitrogens is 1. The highest BCUT2D eigenvalue weighted by atomic mass is 16.3. The number of carbonyl (C=O) groups is 1. The van der Waals surface area contributed by atoms with Crippen LogP contribution in [0.2, 0.25) is 0 Å². The number of aromatic hydroxyl groups is 1. The Morgan fingerprint density at radius 2 is 1.70 bits per heavy atom. The summed E-state index contributed by atoms with van der Waals surface area (Å²) in [5, 5.41) is 16.8. The molecule has 0 saturated carbocycles. The lowest BCUT2D eigenvalue weighted by Crippen LogP contribution is -2.25. The van der Waals surface area contributed by atoms with Crippen LogP contribution in [0.1, 0.15) is 61.0 Å². The van der Waals surface area contributed by atoms with Gasteiger partial charge in [0.25, 0.3) is 5.91 Å². The van der Waals surface area contributed by atoms with E-state index in [4.69, 9.17) is 0 Å². The lowest BCUT2D eigenvalue weighted by molar-refractivity contribution is 0.0951. The molecule has 0 radical (unpaired) electrons. The second-order valence-electron chi connectivity index (χ2n) is 9.72. The van der Waals surface area contributed by atoms with E-state index in [1.54, 1.807) is 6.07 Å². The zero-order valence-corrected chi connectivity index (χ0v) is 22.0. The molecule has 0 aliphatic carbocycles. The number of hydrogen-bond donors (Lipinski definition) is 3. The molecule has 7 nitrogen and oxygen atoms in total. The Morgan fingerprint density at radius 1 is 0.973 bits per heavy atom. The fraction of sp³-hybridized carbons (Fsp3) is 0.400. The zero-order valence-electron chi connectivity index (χ0n) is 22.0. The maximum atomic E-state index is 12.8. The van der Waals surface area contributed by atoms with Crippen LogP contribution in [0.25, 0.3) is 0 Å². The van der Waals surface area contributed by atoms with Crippen LogP contribution in [0.3, 0.4) is 0 Å². The molecule has 1 aliphatic heterocycles. The molecule has 1 fully saturated rings. The van der Waals surface area contributed by atoms with E-state index in [2.05, 4.69) is 45.3 Å². The summed E-state index contributed by atoms with van der Waals surface area (Å²) in [6.07, 6.45) is 6.41. The fourth-order valence-corrected chi connectivity index (χ4v) is 4.79. The number of rotatable bonds is 12. The van der Waals surface area contributed by atoms with Gasteiger partial charge in [-0.3, -0.25) is 9.69 Å². The molecule has 1 saturated heterocycles. The second kappa shape index (κ2) is 13.1. The maximum Gasteiger partial charge on any atom is 0.251 e. The quantitative estimate of drug-likeness (QED) is 0.296. The average Bonchev–Trinajstić information content (AvgIpc) is 3.45. The Balaban J connectivity index is 1.33. The van der Waals surface area contributed by atoms with Crippen LogP contribution in [-0.2, 0) is 13.1 Å². The number of phenols is 1. The van der Waals surface area contributed by atoms with Crippen LogP contribution in [0.15, 0.2) is 60.8 Å². The summed E-state index contributed by atoms with van der Waals surface area (Å²) in [4.78, 5) is 21.9. The van der Waals surface area contributed by atoms with Gasteiger partial charge in [-0.05, 0) is 86.8 Å². The molecular weight excluding hydrogens is 462 g/mol. The molecule has 1 aliphatic rings. The third-order valence-corrected chi connectivity index (χ3v) is 6.68. The van der Waals surface area contributed by atoms with Gasteiger partial charge in [0, 0.05) is 60.9 Å². The highest BCUT2D eigenvalue weighted by molar-refractivity contribution is 5.94. The highest BCUT2D eigenvalue weighted by Crippen LogP contribution is 2.24. The van der Waals surface area contributed by atoms with Gasteiger partial charge in [0.2, 0.25) is 0 Å². The van der Waals surface area contributed by atoms with Crippen molar-refractivity contribution in [2.45, 2.75) is 52.6 Å². The number of hydrogen-bond acceptors (Lipinski definition) is 6. The molecule has 37 heavy (non-hydrogen) atoms. The minimum atomic E-state index is -0.125. The van der Waals surface area contributed by atoms with Crippen molar-refractivity contribution in [2.75, 3.05) is 36.4 Å². The van der Waals surface area contributed by atoms with Crippen molar-refractivity contribution in [2.24, 2.45) is 0 Å². The summed E-state index contributed by atoms with van der Waals surface area (Å²) >= 11 is 0. The zero-order chi connectivity index (χ0) is 26.0. The predicted molar refractivity (Wildman–Crippen MR) is 151 cm³/mol. The third kappa shape index (κ3) is 7.46. The van der Waals surface area contributed by atoms with Crippen LogP contribution in [0.5, 0.6) is 5.75 Å². The SMILES string of the molecule is CCCN(CCC)Cc1cc(CNC(=O)c2ccc(Nc3ccnc(N4CCCC4)c3)cc2)ccc1O. The molecule has 2 heterocycles. The van der Waals surface area contributed by atoms with Gasteiger partial charge in [0.1, 0.15) is 11.6 Å². The van der Waals surface area contributed by atoms with Gasteiger partial charge in [-0.2, -0.15) is 0 Å². The Labute approximate surface area is 220 Å². The molecular formula is C30H39N5O2. The standard InChI is InChI=1S/C30H39N5O2/c1-3-15-34(16-4-2)22-25-19-23(7-12-28(25)36)21-32-30(37)24-8-10-26(11-9-24)33-27-13-14-31-29(20-27)35-17-5-6-18-35/h7-14,19-20,36H,3-6,15-18,21-22H2,1-2H3,(H,31,33)(H,32,37). The summed E-state index contributed by atoms with van der Waals surface area (Å²) in [5.74, 6) is 1.18. The first kappa shape index (κ1) is 26.5. The molecule has 1 amide bonds. The van der Waals surface area contributed by atoms with Crippen molar-refractivity contribution in [3.05, 3.63) is 77.5 Å². The lowest BCUT2D eigenvalue weighted by atomic mass is 10.1. The largest absolute Gasteiger partial charge is 0.508 e. The number of phenolic OH excluding ortho intramolecular Hbond substituents is 1. The number of benzene rings is 2. The lowest BCUT2D eigenvalue weighted by Gasteiger charge is -2.22. The Bertz CT molecular complexity index is 1150. The Hall–Kier alpha value is -3.58. The normalized spacial score (nSPS) is 13.2. The highest BCUT2D eigenvalue weighted by Gasteiger charge is 2.14. The molecule has 3 aromatic rings. The van der Waals surface area contributed by atoms with Gasteiger partial charge in [0.05, 0.1) is 0 Å². The van der Waals surface area contributed by atoms with Crippen molar-refractivity contribution in [3.63, 3.8) is 0 Å². The summed E-state index contributed by atoms with van der Waals surface area (Å²) in [6, 6.07) is 17.1. The monoisotopic (exact) mass is 501 g/mol. The summed E-state index contributed by atoms with van der Waals surface area (Å²) in [6.45, 7) is 9.57. The third-order valence-electron chi connectivity index (χ3n) is 6.68. The summed E-state index contributed by atoms with van der Waals surface area (Å²) < 4.78 is 0. The van der Waals surface area contributed by atoms with E-state index in [1.807, 2.05) is 48.7 Å². The fourth-order valence-electron chi connectivity index (χ4n) is 4.79. The molecule has 196 valence electrons. The Kier molecular flexibility index (Phi) is 9.38. The van der Waals surface area contributed by atoms with Gasteiger partial charge < -0.3 is 20.6 Å². The molecule has 0 spiro atoms. The van der Waals surface area contributed by atoms with Crippen molar-refractivity contribution in [1.82, 2.24) is 15.2 Å². The molecule has 0 atom stereocenters. The molecule has 0 bridgehead atoms. The van der Waals surface area contributed by atoms with Gasteiger partial charge in [-0.25, -0.2) is 4.98 Å². The van der Waals surface area contributed by atoms with Crippen molar-refractivity contribution in [3.8, 4) is 5.75 Å². The number of anilines is 3.